The van der Waals surface area contributed by atoms with E-state index in [1.54, 1.807) is 25.1 Å². The van der Waals surface area contributed by atoms with Crippen LogP contribution in [-0.4, -0.2) is 29.1 Å². The van der Waals surface area contributed by atoms with Crippen LogP contribution in [0.3, 0.4) is 0 Å². The van der Waals surface area contributed by atoms with E-state index in [4.69, 9.17) is 14.2 Å². The average Bonchev–Trinajstić information content (AvgIpc) is 2.51. The van der Waals surface area contributed by atoms with Crippen molar-refractivity contribution in [2.24, 2.45) is 0 Å². The molecule has 2 bridgehead atoms. The summed E-state index contributed by atoms with van der Waals surface area (Å²) in [4.78, 5) is 12.2. The highest BCUT2D eigenvalue weighted by molar-refractivity contribution is 5.95. The number of carbonyl (C=O) groups excluding carboxylic acids is 1. The first-order chi connectivity index (χ1) is 12.2. The number of methoxy groups -OCH3 is 1. The first-order valence-corrected chi connectivity index (χ1v) is 8.40. The molecule has 6 heteroatoms. The highest BCUT2D eigenvalue weighted by atomic mass is 16.7. The number of aromatic hydroxyl groups is 2. The summed E-state index contributed by atoms with van der Waals surface area (Å²) < 4.78 is 16.9. The third-order valence-corrected chi connectivity index (χ3v) is 5.15. The quantitative estimate of drug-likeness (QED) is 0.761. The van der Waals surface area contributed by atoms with Crippen LogP contribution in [0.5, 0.6) is 23.0 Å². The van der Waals surface area contributed by atoms with Crippen LogP contribution in [0.1, 0.15) is 51.9 Å². The predicted molar refractivity (Wildman–Crippen MR) is 93.1 cm³/mol. The Hall–Kier alpha value is -2.89. The second kappa shape index (κ2) is 5.30. The maximum atomic E-state index is 12.2. The van der Waals surface area contributed by atoms with Crippen LogP contribution in [0, 0.1) is 13.8 Å². The lowest BCUT2D eigenvalue weighted by atomic mass is 9.77. The fourth-order valence-electron chi connectivity index (χ4n) is 4.13. The first kappa shape index (κ1) is 16.6. The molecule has 26 heavy (non-hydrogen) atoms. The molecule has 0 radical (unpaired) electrons. The Morgan fingerprint density at radius 1 is 1.12 bits per heavy atom. The molecule has 6 nitrogen and oxygen atoms in total. The van der Waals surface area contributed by atoms with Crippen molar-refractivity contribution in [1.82, 2.24) is 0 Å². The van der Waals surface area contributed by atoms with Gasteiger partial charge in [0.25, 0.3) is 0 Å². The molecule has 2 heterocycles. The minimum Gasteiger partial charge on any atom is -0.508 e. The van der Waals surface area contributed by atoms with E-state index in [9.17, 15) is 15.0 Å². The van der Waals surface area contributed by atoms with Crippen molar-refractivity contribution >= 4 is 5.97 Å². The number of fused-ring (bicyclic) bond motifs is 6. The first-order valence-electron chi connectivity index (χ1n) is 8.40. The van der Waals surface area contributed by atoms with E-state index < -0.39 is 11.8 Å². The molecule has 0 amide bonds. The zero-order valence-corrected chi connectivity index (χ0v) is 15.0. The second-order valence-electron chi connectivity index (χ2n) is 7.09. The number of phenols is 2. The van der Waals surface area contributed by atoms with Gasteiger partial charge >= 0.3 is 5.97 Å². The van der Waals surface area contributed by atoms with Gasteiger partial charge in [0.15, 0.2) is 0 Å². The molecule has 0 fully saturated rings. The van der Waals surface area contributed by atoms with E-state index in [0.717, 1.165) is 11.1 Å². The van der Waals surface area contributed by atoms with Crippen LogP contribution in [-0.2, 0) is 4.74 Å². The van der Waals surface area contributed by atoms with Crippen molar-refractivity contribution < 1.29 is 29.2 Å². The topological polar surface area (TPSA) is 85.2 Å². The largest absolute Gasteiger partial charge is 0.508 e. The van der Waals surface area contributed by atoms with Gasteiger partial charge in [-0.05, 0) is 37.1 Å². The summed E-state index contributed by atoms with van der Waals surface area (Å²) in [6, 6.07) is 4.94. The van der Waals surface area contributed by atoms with E-state index in [0.29, 0.717) is 29.0 Å². The van der Waals surface area contributed by atoms with Gasteiger partial charge in [-0.1, -0.05) is 0 Å². The number of carbonyl (C=O) groups is 1. The molecule has 0 unspecified atom stereocenters. The summed E-state index contributed by atoms with van der Waals surface area (Å²) in [5.74, 6) is -0.747. The molecule has 4 rings (SSSR count). The van der Waals surface area contributed by atoms with Gasteiger partial charge in [0.05, 0.1) is 7.11 Å². The van der Waals surface area contributed by atoms with Gasteiger partial charge in [-0.15, -0.1) is 0 Å². The third-order valence-electron chi connectivity index (χ3n) is 5.15. The van der Waals surface area contributed by atoms with Crippen molar-refractivity contribution in [1.29, 1.82) is 0 Å². The number of rotatable bonds is 1. The Morgan fingerprint density at radius 3 is 2.42 bits per heavy atom. The minimum absolute atomic E-state index is 0.105. The van der Waals surface area contributed by atoms with Gasteiger partial charge in [0, 0.05) is 36.5 Å². The number of ether oxygens (including phenoxy) is 3. The number of aryl methyl sites for hydroxylation is 2. The molecule has 2 atom stereocenters. The molecule has 0 aliphatic carbocycles. The smallest absolute Gasteiger partial charge is 0.341 e. The molecule has 0 saturated carbocycles. The lowest BCUT2D eigenvalue weighted by molar-refractivity contribution is -0.125. The SMILES string of the molecule is COC(=O)c1c(C)cc2c(c1O)[C@H]1C[C@@](C)(Oc3cc(O)cc(C)c31)O2. The van der Waals surface area contributed by atoms with Crippen LogP contribution in [0.4, 0.5) is 0 Å². The van der Waals surface area contributed by atoms with Gasteiger partial charge in [0.1, 0.15) is 28.6 Å². The maximum Gasteiger partial charge on any atom is 0.341 e. The Labute approximate surface area is 150 Å². The highest BCUT2D eigenvalue weighted by Gasteiger charge is 2.47. The van der Waals surface area contributed by atoms with E-state index in [2.05, 4.69) is 0 Å². The molecule has 2 aromatic rings. The Morgan fingerprint density at radius 2 is 1.77 bits per heavy atom. The van der Waals surface area contributed by atoms with Crippen LogP contribution < -0.4 is 9.47 Å². The number of benzene rings is 2. The molecule has 2 aliphatic rings. The number of hydrogen-bond acceptors (Lipinski definition) is 6. The van der Waals surface area contributed by atoms with Crippen molar-refractivity contribution in [3.8, 4) is 23.0 Å². The monoisotopic (exact) mass is 356 g/mol. The van der Waals surface area contributed by atoms with Crippen molar-refractivity contribution in [2.75, 3.05) is 7.11 Å². The van der Waals surface area contributed by atoms with Gasteiger partial charge in [-0.2, -0.15) is 0 Å². The average molecular weight is 356 g/mol. The van der Waals surface area contributed by atoms with Gasteiger partial charge in [-0.25, -0.2) is 4.79 Å². The number of esters is 1. The van der Waals surface area contributed by atoms with Gasteiger partial charge in [-0.3, -0.25) is 0 Å². The summed E-state index contributed by atoms with van der Waals surface area (Å²) in [6.07, 6.45) is 0.482. The lowest BCUT2D eigenvalue weighted by Gasteiger charge is -2.45. The van der Waals surface area contributed by atoms with Crippen LogP contribution in [0.25, 0.3) is 0 Å². The molecule has 2 N–H and O–H groups in total. The fraction of sp³-hybridized carbons (Fsp3) is 0.350. The van der Waals surface area contributed by atoms with E-state index in [1.807, 2.05) is 13.8 Å². The Kier molecular flexibility index (Phi) is 3.38. The molecule has 0 saturated heterocycles. The summed E-state index contributed by atoms with van der Waals surface area (Å²) in [6.45, 7) is 5.43. The van der Waals surface area contributed by atoms with E-state index in [-0.39, 0.29) is 23.0 Å². The van der Waals surface area contributed by atoms with Gasteiger partial charge in [0.2, 0.25) is 5.79 Å². The second-order valence-corrected chi connectivity index (χ2v) is 7.09. The summed E-state index contributed by atoms with van der Waals surface area (Å²) in [5, 5.41) is 20.8. The zero-order chi connectivity index (χ0) is 18.8. The summed E-state index contributed by atoms with van der Waals surface area (Å²) >= 11 is 0. The molecular formula is C20H20O6. The molecule has 0 spiro atoms. The maximum absolute atomic E-state index is 12.2. The zero-order valence-electron chi connectivity index (χ0n) is 15.0. The van der Waals surface area contributed by atoms with Crippen LogP contribution in [0.2, 0.25) is 0 Å². The Bertz CT molecular complexity index is 948. The number of hydrogen-bond donors (Lipinski definition) is 2. The van der Waals surface area contributed by atoms with Crippen LogP contribution >= 0.6 is 0 Å². The van der Waals surface area contributed by atoms with E-state index in [1.165, 1.54) is 7.11 Å². The molecule has 136 valence electrons. The van der Waals surface area contributed by atoms with Crippen molar-refractivity contribution in [3.63, 3.8) is 0 Å². The third kappa shape index (κ3) is 2.21. The molecule has 0 aromatic heterocycles. The predicted octanol–water partition coefficient (Wildman–Crippen LogP) is 3.52. The molecule has 2 aromatic carbocycles. The van der Waals surface area contributed by atoms with E-state index >= 15 is 0 Å². The summed E-state index contributed by atoms with van der Waals surface area (Å²) in [5.41, 5.74) is 2.98. The standard InChI is InChI=1S/C20H20O6/c1-9-5-11(21)7-14-15(9)12-8-20(3,26-14)25-13-6-10(2)16(19(23)24-4)18(22)17(12)13/h5-7,12,21-22H,8H2,1-4H3/t12-,20+/m0/s1. The van der Waals surface area contributed by atoms with Crippen LogP contribution in [0.15, 0.2) is 18.2 Å². The number of phenolic OH excluding ortho intramolecular Hbond substituents is 2. The molecule has 2 aliphatic heterocycles. The normalized spacial score (nSPS) is 22.5. The minimum atomic E-state index is -0.920. The Balaban J connectivity index is 2.01. The molecular weight excluding hydrogens is 336 g/mol. The summed E-state index contributed by atoms with van der Waals surface area (Å²) in [7, 11) is 1.28. The highest BCUT2D eigenvalue weighted by Crippen LogP contribution is 2.56. The fourth-order valence-corrected chi connectivity index (χ4v) is 4.13. The lowest BCUT2D eigenvalue weighted by Crippen LogP contribution is -2.47. The van der Waals surface area contributed by atoms with Crippen molar-refractivity contribution in [3.05, 3.63) is 46.0 Å². The van der Waals surface area contributed by atoms with Crippen molar-refractivity contribution in [2.45, 2.75) is 38.9 Å². The van der Waals surface area contributed by atoms with Gasteiger partial charge < -0.3 is 24.4 Å².